The molecule has 8 nitrogen and oxygen atoms in total. The highest BCUT2D eigenvalue weighted by Crippen LogP contribution is 2.30. The summed E-state index contributed by atoms with van der Waals surface area (Å²) in [5.41, 5.74) is -1.97. The second kappa shape index (κ2) is 6.99. The molecule has 1 aliphatic heterocycles. The van der Waals surface area contributed by atoms with E-state index in [1.165, 1.54) is 18.3 Å². The Balaban J connectivity index is 1.79. The fraction of sp³-hybridized carbons (Fsp3) is 0.375. The van der Waals surface area contributed by atoms with E-state index in [2.05, 4.69) is 15.6 Å². The summed E-state index contributed by atoms with van der Waals surface area (Å²) in [5.74, 6) is -1.77. The number of nitrogens with zero attached hydrogens (tertiary/aromatic N) is 3. The summed E-state index contributed by atoms with van der Waals surface area (Å²) in [6, 6.07) is 4.41. The van der Waals surface area contributed by atoms with E-state index in [-0.39, 0.29) is 24.4 Å². The van der Waals surface area contributed by atoms with Crippen molar-refractivity contribution in [2.45, 2.75) is 24.6 Å². The molecule has 2 N–H and O–H groups in total. The molecule has 1 aliphatic rings. The Morgan fingerprint density at radius 2 is 2.15 bits per heavy atom. The first-order valence-electron chi connectivity index (χ1n) is 7.91. The number of halogens is 3. The van der Waals surface area contributed by atoms with Crippen molar-refractivity contribution >= 4 is 11.9 Å². The predicted octanol–water partition coefficient (Wildman–Crippen LogP) is 1.65. The fourth-order valence-electron chi connectivity index (χ4n) is 2.80. The van der Waals surface area contributed by atoms with Crippen molar-refractivity contribution in [3.8, 4) is 5.69 Å². The van der Waals surface area contributed by atoms with Gasteiger partial charge in [0.15, 0.2) is 5.69 Å². The molecule has 3 rings (SSSR count). The van der Waals surface area contributed by atoms with Gasteiger partial charge in [-0.2, -0.15) is 13.2 Å². The maximum Gasteiger partial charge on any atom is 0.416 e. The van der Waals surface area contributed by atoms with E-state index in [0.29, 0.717) is 13.0 Å². The van der Waals surface area contributed by atoms with Crippen molar-refractivity contribution in [1.29, 1.82) is 0 Å². The van der Waals surface area contributed by atoms with Gasteiger partial charge in [-0.3, -0.25) is 9.59 Å². The number of hydrogen-bond acceptors (Lipinski definition) is 5. The van der Waals surface area contributed by atoms with E-state index >= 15 is 0 Å². The summed E-state index contributed by atoms with van der Waals surface area (Å²) in [6.45, 7) is 0.358. The molecule has 1 fully saturated rings. The number of carboxylic acids is 1. The number of rotatable bonds is 5. The third kappa shape index (κ3) is 4.25. The molecule has 11 heteroatoms. The van der Waals surface area contributed by atoms with Crippen LogP contribution in [0.3, 0.4) is 0 Å². The van der Waals surface area contributed by atoms with Crippen LogP contribution in [-0.4, -0.2) is 50.7 Å². The monoisotopic (exact) mass is 384 g/mol. The van der Waals surface area contributed by atoms with Crippen molar-refractivity contribution in [2.24, 2.45) is 0 Å². The highest BCUT2D eigenvalue weighted by atomic mass is 19.4. The zero-order valence-corrected chi connectivity index (χ0v) is 13.9. The lowest BCUT2D eigenvalue weighted by Crippen LogP contribution is -2.50. The number of aromatic nitrogens is 3. The van der Waals surface area contributed by atoms with Gasteiger partial charge in [-0.1, -0.05) is 11.3 Å². The molecule has 0 bridgehead atoms. The average Bonchev–Trinajstić information content (AvgIpc) is 3.23. The Bertz CT molecular complexity index is 859. The van der Waals surface area contributed by atoms with Crippen molar-refractivity contribution in [2.75, 3.05) is 13.2 Å². The highest BCUT2D eigenvalue weighted by molar-refractivity contribution is 5.93. The van der Waals surface area contributed by atoms with Crippen LogP contribution in [0.25, 0.3) is 5.69 Å². The number of carboxylic acid groups (broad SMARTS) is 1. The number of alkyl halides is 3. The molecular weight excluding hydrogens is 369 g/mol. The minimum absolute atomic E-state index is 0.0484. The number of benzene rings is 1. The van der Waals surface area contributed by atoms with Crippen molar-refractivity contribution < 1.29 is 32.6 Å². The van der Waals surface area contributed by atoms with E-state index in [1.807, 2.05) is 0 Å². The number of ether oxygens (including phenoxy) is 1. The van der Waals surface area contributed by atoms with Gasteiger partial charge in [0.1, 0.15) is 0 Å². The Hall–Kier alpha value is -2.95. The number of nitrogens with one attached hydrogen (secondary N) is 1. The SMILES string of the molecule is O=C(O)CC1(NC(=O)c2cn(-c3cccc(C(F)(F)F)c3)nn2)CCOC1. The largest absolute Gasteiger partial charge is 0.481 e. The van der Waals surface area contributed by atoms with Crippen LogP contribution < -0.4 is 5.32 Å². The molecule has 1 saturated heterocycles. The molecular formula is C16H15F3N4O4. The summed E-state index contributed by atoms with van der Waals surface area (Å²) < 4.78 is 44.7. The predicted molar refractivity (Wildman–Crippen MR) is 84.2 cm³/mol. The average molecular weight is 384 g/mol. The molecule has 0 radical (unpaired) electrons. The third-order valence-corrected chi connectivity index (χ3v) is 4.14. The van der Waals surface area contributed by atoms with Gasteiger partial charge >= 0.3 is 12.1 Å². The third-order valence-electron chi connectivity index (χ3n) is 4.14. The molecule has 2 heterocycles. The molecule has 27 heavy (non-hydrogen) atoms. The number of carbonyl (C=O) groups is 2. The first-order valence-corrected chi connectivity index (χ1v) is 7.91. The van der Waals surface area contributed by atoms with Crippen LogP contribution in [0.5, 0.6) is 0 Å². The minimum Gasteiger partial charge on any atom is -0.481 e. The summed E-state index contributed by atoms with van der Waals surface area (Å²) >= 11 is 0. The van der Waals surface area contributed by atoms with Gasteiger partial charge in [0.2, 0.25) is 0 Å². The van der Waals surface area contributed by atoms with Crippen LogP contribution in [0.4, 0.5) is 13.2 Å². The molecule has 0 spiro atoms. The zero-order valence-electron chi connectivity index (χ0n) is 13.9. The number of hydrogen-bond donors (Lipinski definition) is 2. The molecule has 0 aliphatic carbocycles. The zero-order chi connectivity index (χ0) is 19.7. The van der Waals surface area contributed by atoms with E-state index in [0.717, 1.165) is 16.8 Å². The van der Waals surface area contributed by atoms with Crippen LogP contribution in [0.15, 0.2) is 30.5 Å². The molecule has 0 saturated carbocycles. The van der Waals surface area contributed by atoms with Crippen molar-refractivity contribution in [3.05, 3.63) is 41.7 Å². The Morgan fingerprint density at radius 1 is 1.37 bits per heavy atom. The van der Waals surface area contributed by atoms with Gasteiger partial charge in [-0.15, -0.1) is 5.10 Å². The quantitative estimate of drug-likeness (QED) is 0.812. The lowest BCUT2D eigenvalue weighted by molar-refractivity contribution is -0.139. The Morgan fingerprint density at radius 3 is 2.78 bits per heavy atom. The van der Waals surface area contributed by atoms with E-state index in [4.69, 9.17) is 9.84 Å². The molecule has 1 aromatic heterocycles. The molecule has 1 amide bonds. The lowest BCUT2D eigenvalue weighted by atomic mass is 9.94. The van der Waals surface area contributed by atoms with Gasteiger partial charge in [0.25, 0.3) is 5.91 Å². The van der Waals surface area contributed by atoms with Crippen LogP contribution in [0.1, 0.15) is 28.9 Å². The summed E-state index contributed by atoms with van der Waals surface area (Å²) in [4.78, 5) is 23.5. The number of aliphatic carboxylic acids is 1. The number of carbonyl (C=O) groups excluding carboxylic acids is 1. The fourth-order valence-corrected chi connectivity index (χ4v) is 2.80. The molecule has 144 valence electrons. The van der Waals surface area contributed by atoms with Crippen LogP contribution in [0, 0.1) is 0 Å². The summed E-state index contributed by atoms with van der Waals surface area (Å²) in [5, 5.41) is 19.0. The van der Waals surface area contributed by atoms with Crippen LogP contribution >= 0.6 is 0 Å². The van der Waals surface area contributed by atoms with E-state index in [9.17, 15) is 22.8 Å². The topological polar surface area (TPSA) is 106 Å². The second-order valence-corrected chi connectivity index (χ2v) is 6.20. The van der Waals surface area contributed by atoms with Crippen molar-refractivity contribution in [1.82, 2.24) is 20.3 Å². The molecule has 2 aromatic rings. The lowest BCUT2D eigenvalue weighted by Gasteiger charge is -2.26. The maximum atomic E-state index is 12.8. The molecule has 1 aromatic carbocycles. The van der Waals surface area contributed by atoms with Gasteiger partial charge in [-0.25, -0.2) is 4.68 Å². The van der Waals surface area contributed by atoms with Gasteiger partial charge in [-0.05, 0) is 24.6 Å². The first-order chi connectivity index (χ1) is 12.7. The second-order valence-electron chi connectivity index (χ2n) is 6.20. The van der Waals surface area contributed by atoms with Crippen molar-refractivity contribution in [3.63, 3.8) is 0 Å². The van der Waals surface area contributed by atoms with Crippen LogP contribution in [0.2, 0.25) is 0 Å². The van der Waals surface area contributed by atoms with Crippen LogP contribution in [-0.2, 0) is 15.7 Å². The normalized spacial score (nSPS) is 19.8. The summed E-state index contributed by atoms with van der Waals surface area (Å²) in [6.07, 6.45) is -3.33. The Labute approximate surface area is 150 Å². The van der Waals surface area contributed by atoms with E-state index in [1.54, 1.807) is 0 Å². The minimum atomic E-state index is -4.51. The smallest absolute Gasteiger partial charge is 0.416 e. The number of amides is 1. The Kier molecular flexibility index (Phi) is 4.87. The highest BCUT2D eigenvalue weighted by Gasteiger charge is 2.39. The first kappa shape index (κ1) is 18.8. The van der Waals surface area contributed by atoms with Gasteiger partial charge in [0, 0.05) is 6.61 Å². The van der Waals surface area contributed by atoms with Gasteiger partial charge < -0.3 is 15.2 Å². The summed E-state index contributed by atoms with van der Waals surface area (Å²) in [7, 11) is 0. The maximum absolute atomic E-state index is 12.8. The van der Waals surface area contributed by atoms with E-state index < -0.39 is 29.2 Å². The molecule has 1 unspecified atom stereocenters. The standard InChI is InChI=1S/C16H15F3N4O4/c17-16(18,19)10-2-1-3-11(6-10)23-8-12(21-22-23)14(26)20-15(7-13(24)25)4-5-27-9-15/h1-3,6,8H,4-5,7,9H2,(H,20,26)(H,24,25). The van der Waals surface area contributed by atoms with Gasteiger partial charge in [0.05, 0.1) is 36.0 Å². The molecule has 1 atom stereocenters.